The Hall–Kier alpha value is -1.17. The van der Waals surface area contributed by atoms with Crippen LogP contribution in [0.25, 0.3) is 0 Å². The Bertz CT molecular complexity index is 184. The molecule has 88 valence electrons. The van der Waals surface area contributed by atoms with Gasteiger partial charge in [-0.2, -0.15) is 0 Å². The zero-order valence-corrected chi connectivity index (χ0v) is 8.69. The molecule has 5 heteroatoms. The molecule has 0 atom stereocenters. The number of hydrogen-bond donors (Lipinski definition) is 3. The third kappa shape index (κ3) is 15.6. The Morgan fingerprint density at radius 3 is 1.93 bits per heavy atom. The van der Waals surface area contributed by atoms with E-state index >= 15 is 0 Å². The normalized spacial score (nSPS) is 8.67. The van der Waals surface area contributed by atoms with Gasteiger partial charge < -0.3 is 20.1 Å². The average Bonchev–Trinajstić information content (AvgIpc) is 2.20. The molecule has 0 aliphatic heterocycles. The van der Waals surface area contributed by atoms with E-state index in [4.69, 9.17) is 15.3 Å². The first-order chi connectivity index (χ1) is 7.09. The van der Waals surface area contributed by atoms with E-state index in [0.29, 0.717) is 19.6 Å². The summed E-state index contributed by atoms with van der Waals surface area (Å²) in [6.07, 6.45) is 1.87. The van der Waals surface area contributed by atoms with Crippen LogP contribution >= 0.6 is 0 Å². The third-order valence-electron chi connectivity index (χ3n) is 1.16. The minimum absolute atomic E-state index is 0.0278. The van der Waals surface area contributed by atoms with Crippen LogP contribution in [0.1, 0.15) is 6.42 Å². The number of aliphatic hydroxyl groups is 2. The number of aliphatic hydroxyl groups excluding tert-OH is 2. The molecule has 5 nitrogen and oxygen atoms in total. The van der Waals surface area contributed by atoms with Crippen molar-refractivity contribution < 1.29 is 24.9 Å². The molecular weight excluding hydrogens is 200 g/mol. The quantitative estimate of drug-likeness (QED) is 0.322. The van der Waals surface area contributed by atoms with Crippen LogP contribution in [-0.4, -0.2) is 47.7 Å². The lowest BCUT2D eigenvalue weighted by Gasteiger charge is -1.94. The van der Waals surface area contributed by atoms with E-state index in [1.165, 1.54) is 6.08 Å². The van der Waals surface area contributed by atoms with Crippen molar-refractivity contribution in [2.45, 2.75) is 6.42 Å². The van der Waals surface area contributed by atoms with Crippen LogP contribution in [0.4, 0.5) is 0 Å². The second kappa shape index (κ2) is 12.8. The summed E-state index contributed by atoms with van der Waals surface area (Å²) in [5.41, 5.74) is 0.181. The van der Waals surface area contributed by atoms with Gasteiger partial charge in [-0.3, -0.25) is 0 Å². The number of allylic oxidation sites excluding steroid dienone is 1. The highest BCUT2D eigenvalue weighted by Crippen LogP contribution is 1.95. The highest BCUT2D eigenvalue weighted by Gasteiger charge is 1.97. The Morgan fingerprint density at radius 2 is 1.73 bits per heavy atom. The summed E-state index contributed by atoms with van der Waals surface area (Å²) < 4.78 is 4.63. The van der Waals surface area contributed by atoms with Crippen molar-refractivity contribution in [2.24, 2.45) is 0 Å². The Balaban J connectivity index is 0. The van der Waals surface area contributed by atoms with E-state index < -0.39 is 5.97 Å². The number of ether oxygens (including phenoxy) is 1. The van der Waals surface area contributed by atoms with Gasteiger partial charge in [0.1, 0.15) is 0 Å². The Kier molecular flexibility index (Phi) is 13.9. The monoisotopic (exact) mass is 218 g/mol. The second-order valence-electron chi connectivity index (χ2n) is 2.46. The summed E-state index contributed by atoms with van der Waals surface area (Å²) in [6, 6.07) is 0. The van der Waals surface area contributed by atoms with Gasteiger partial charge >= 0.3 is 5.97 Å². The van der Waals surface area contributed by atoms with E-state index in [0.717, 1.165) is 0 Å². The van der Waals surface area contributed by atoms with Gasteiger partial charge in [-0.1, -0.05) is 12.7 Å². The Morgan fingerprint density at radius 1 is 1.27 bits per heavy atom. The summed E-state index contributed by atoms with van der Waals surface area (Å²) >= 11 is 0. The van der Waals surface area contributed by atoms with Crippen LogP contribution in [0, 0.1) is 0 Å². The molecule has 0 fully saturated rings. The molecule has 0 rings (SSSR count). The Labute approximate surface area is 89.3 Å². The molecule has 0 aromatic heterocycles. The van der Waals surface area contributed by atoms with Crippen LogP contribution < -0.4 is 0 Å². The lowest BCUT2D eigenvalue weighted by Crippen LogP contribution is -2.03. The maximum atomic E-state index is 9.94. The fraction of sp³-hybridized carbons (Fsp3) is 0.500. The largest absolute Gasteiger partial charge is 0.478 e. The molecule has 0 amide bonds. The van der Waals surface area contributed by atoms with E-state index in [9.17, 15) is 4.79 Å². The van der Waals surface area contributed by atoms with E-state index in [2.05, 4.69) is 17.9 Å². The summed E-state index contributed by atoms with van der Waals surface area (Å²) in [4.78, 5) is 9.94. The van der Waals surface area contributed by atoms with Crippen molar-refractivity contribution in [2.75, 3.05) is 26.4 Å². The SMILES string of the molecule is C=CCC(=C)C(=O)O.OCCOCCO. The van der Waals surface area contributed by atoms with Gasteiger partial charge in [-0.25, -0.2) is 4.79 Å². The van der Waals surface area contributed by atoms with Gasteiger partial charge in [-0.15, -0.1) is 6.58 Å². The first-order valence-corrected chi connectivity index (χ1v) is 4.41. The third-order valence-corrected chi connectivity index (χ3v) is 1.16. The van der Waals surface area contributed by atoms with Gasteiger partial charge in [0.15, 0.2) is 0 Å². The van der Waals surface area contributed by atoms with Crippen LogP contribution in [0.5, 0.6) is 0 Å². The predicted molar refractivity (Wildman–Crippen MR) is 56.6 cm³/mol. The van der Waals surface area contributed by atoms with Gasteiger partial charge in [0, 0.05) is 5.57 Å². The fourth-order valence-electron chi connectivity index (χ4n) is 0.493. The molecule has 0 aromatic rings. The summed E-state index contributed by atoms with van der Waals surface area (Å²) in [5.74, 6) is -0.954. The molecule has 0 heterocycles. The molecule has 0 saturated carbocycles. The number of carboxylic acid groups (broad SMARTS) is 1. The molecule has 3 N–H and O–H groups in total. The minimum Gasteiger partial charge on any atom is -0.478 e. The van der Waals surface area contributed by atoms with E-state index in [1.807, 2.05) is 0 Å². The van der Waals surface area contributed by atoms with Crippen molar-refractivity contribution in [1.82, 2.24) is 0 Å². The van der Waals surface area contributed by atoms with Crippen LogP contribution in [-0.2, 0) is 9.53 Å². The molecular formula is C10H18O5. The number of carboxylic acids is 1. The predicted octanol–water partition coefficient (Wildman–Crippen LogP) is 0.191. The summed E-state index contributed by atoms with van der Waals surface area (Å²) in [7, 11) is 0. The van der Waals surface area contributed by atoms with Crippen molar-refractivity contribution in [3.8, 4) is 0 Å². The topological polar surface area (TPSA) is 87.0 Å². The molecule has 15 heavy (non-hydrogen) atoms. The highest BCUT2D eigenvalue weighted by molar-refractivity contribution is 5.85. The van der Waals surface area contributed by atoms with E-state index in [1.54, 1.807) is 0 Å². The standard InChI is InChI=1S/C6H8O2.C4H10O3/c1-3-4-5(2)6(7)8;5-1-3-7-4-2-6/h3H,1-2,4H2,(H,7,8);5-6H,1-4H2. The molecule has 0 aliphatic carbocycles. The van der Waals surface area contributed by atoms with Crippen molar-refractivity contribution >= 4 is 5.97 Å². The summed E-state index contributed by atoms with van der Waals surface area (Å²) in [5, 5.41) is 24.3. The smallest absolute Gasteiger partial charge is 0.331 e. The average molecular weight is 218 g/mol. The van der Waals surface area contributed by atoms with Crippen LogP contribution in [0.15, 0.2) is 24.8 Å². The van der Waals surface area contributed by atoms with E-state index in [-0.39, 0.29) is 18.8 Å². The lowest BCUT2D eigenvalue weighted by atomic mass is 10.2. The second-order valence-corrected chi connectivity index (χ2v) is 2.46. The van der Waals surface area contributed by atoms with Crippen molar-refractivity contribution in [3.63, 3.8) is 0 Å². The molecule has 0 aliphatic rings. The molecule has 0 unspecified atom stereocenters. The van der Waals surface area contributed by atoms with Gasteiger partial charge in [0.2, 0.25) is 0 Å². The first-order valence-electron chi connectivity index (χ1n) is 4.41. The van der Waals surface area contributed by atoms with Gasteiger partial charge in [0.25, 0.3) is 0 Å². The first kappa shape index (κ1) is 16.3. The zero-order valence-electron chi connectivity index (χ0n) is 8.69. The molecule has 0 saturated heterocycles. The van der Waals surface area contributed by atoms with Crippen molar-refractivity contribution in [1.29, 1.82) is 0 Å². The number of aliphatic carboxylic acids is 1. The molecule has 0 spiro atoms. The maximum absolute atomic E-state index is 9.94. The summed E-state index contributed by atoms with van der Waals surface area (Å²) in [6.45, 7) is 7.33. The molecule has 0 aromatic carbocycles. The maximum Gasteiger partial charge on any atom is 0.331 e. The van der Waals surface area contributed by atoms with Crippen molar-refractivity contribution in [3.05, 3.63) is 24.8 Å². The van der Waals surface area contributed by atoms with Crippen LogP contribution in [0.3, 0.4) is 0 Å². The zero-order chi connectivity index (χ0) is 12.1. The molecule has 0 bridgehead atoms. The molecule has 0 radical (unpaired) electrons. The lowest BCUT2D eigenvalue weighted by molar-refractivity contribution is -0.132. The number of rotatable bonds is 7. The minimum atomic E-state index is -0.954. The highest BCUT2D eigenvalue weighted by atomic mass is 16.5. The van der Waals surface area contributed by atoms with Crippen LogP contribution in [0.2, 0.25) is 0 Å². The van der Waals surface area contributed by atoms with Gasteiger partial charge in [0.05, 0.1) is 26.4 Å². The number of hydrogen-bond acceptors (Lipinski definition) is 4. The van der Waals surface area contributed by atoms with Gasteiger partial charge in [-0.05, 0) is 6.42 Å². The number of carbonyl (C=O) groups is 1. The fourth-order valence-corrected chi connectivity index (χ4v) is 0.493.